The molecule has 0 bridgehead atoms. The first-order valence-corrected chi connectivity index (χ1v) is 16.8. The summed E-state index contributed by atoms with van der Waals surface area (Å²) in [6.45, 7) is 14.0. The van der Waals surface area contributed by atoms with Crippen molar-refractivity contribution in [3.8, 4) is 0 Å². The van der Waals surface area contributed by atoms with Gasteiger partial charge >= 0.3 is 11.9 Å². The Bertz CT molecular complexity index is 1490. The molecule has 0 aromatic carbocycles. The van der Waals surface area contributed by atoms with Crippen molar-refractivity contribution in [3.05, 3.63) is 36.5 Å². The Morgan fingerprint density at radius 2 is 1.76 bits per heavy atom. The number of furan rings is 1. The van der Waals surface area contributed by atoms with E-state index in [0.717, 1.165) is 0 Å². The molecule has 1 aromatic rings. The molecule has 0 unspecified atom stereocenters. The molecule has 6 rings (SSSR count). The van der Waals surface area contributed by atoms with Crippen LogP contribution in [0.1, 0.15) is 78.9 Å². The maximum Gasteiger partial charge on any atom is 0.335 e. The lowest BCUT2D eigenvalue weighted by atomic mass is 9.37. The smallest absolute Gasteiger partial charge is 0.335 e. The van der Waals surface area contributed by atoms with Gasteiger partial charge in [0.05, 0.1) is 36.4 Å². The molecular formula is C35H48O14. The van der Waals surface area contributed by atoms with Gasteiger partial charge < -0.3 is 53.6 Å². The van der Waals surface area contributed by atoms with E-state index >= 15 is 0 Å². The number of ether oxygens (including phenoxy) is 5. The summed E-state index contributed by atoms with van der Waals surface area (Å²) in [5, 5.41) is 52.4. The Hall–Kier alpha value is -2.85. The largest absolute Gasteiger partial charge is 0.492 e. The molecule has 272 valence electrons. The van der Waals surface area contributed by atoms with Gasteiger partial charge in [0, 0.05) is 42.1 Å². The van der Waals surface area contributed by atoms with E-state index in [-0.39, 0.29) is 25.0 Å². The third-order valence-electron chi connectivity index (χ3n) is 12.8. The van der Waals surface area contributed by atoms with Gasteiger partial charge in [0.15, 0.2) is 12.4 Å². The average Bonchev–Trinajstić information content (AvgIpc) is 3.60. The lowest BCUT2D eigenvalue weighted by Crippen LogP contribution is -2.72. The molecule has 14 nitrogen and oxygen atoms in total. The molecule has 14 atom stereocenters. The van der Waals surface area contributed by atoms with Crippen LogP contribution in [0, 0.1) is 28.1 Å². The van der Waals surface area contributed by atoms with Gasteiger partial charge in [-0.2, -0.15) is 0 Å². The van der Waals surface area contributed by atoms with Gasteiger partial charge in [-0.25, -0.2) is 4.79 Å². The van der Waals surface area contributed by atoms with Crippen molar-refractivity contribution < 1.29 is 68.0 Å². The zero-order chi connectivity index (χ0) is 36.1. The molecule has 2 saturated carbocycles. The molecule has 5 fully saturated rings. The Morgan fingerprint density at radius 3 is 2.33 bits per heavy atom. The van der Waals surface area contributed by atoms with Crippen LogP contribution in [0.3, 0.4) is 0 Å². The van der Waals surface area contributed by atoms with E-state index in [2.05, 4.69) is 6.58 Å². The predicted octanol–water partition coefficient (Wildman–Crippen LogP) is 2.02. The summed E-state index contributed by atoms with van der Waals surface area (Å²) in [6, 6.07) is 1.60. The number of fused-ring (bicyclic) bond motifs is 4. The molecule has 0 radical (unpaired) electrons. The summed E-state index contributed by atoms with van der Waals surface area (Å²) in [5.41, 5.74) is -5.87. The van der Waals surface area contributed by atoms with Crippen LogP contribution in [0.25, 0.3) is 0 Å². The van der Waals surface area contributed by atoms with E-state index in [0.29, 0.717) is 17.7 Å². The summed E-state index contributed by atoms with van der Waals surface area (Å²) >= 11 is 0. The molecule has 1 aromatic heterocycles. The van der Waals surface area contributed by atoms with Crippen LogP contribution in [0.4, 0.5) is 0 Å². The van der Waals surface area contributed by atoms with Crippen molar-refractivity contribution in [2.45, 2.75) is 127 Å². The lowest BCUT2D eigenvalue weighted by molar-refractivity contribution is -0.328. The fourth-order valence-corrected chi connectivity index (χ4v) is 10.6. The van der Waals surface area contributed by atoms with Crippen molar-refractivity contribution in [1.82, 2.24) is 0 Å². The molecule has 4 heterocycles. The minimum atomic E-state index is -1.75. The third-order valence-corrected chi connectivity index (χ3v) is 12.8. The number of carboxylic acids is 1. The molecular weight excluding hydrogens is 644 g/mol. The van der Waals surface area contributed by atoms with E-state index in [1.54, 1.807) is 19.9 Å². The average molecular weight is 693 g/mol. The zero-order valence-corrected chi connectivity index (χ0v) is 28.7. The van der Waals surface area contributed by atoms with Gasteiger partial charge in [0.1, 0.15) is 47.5 Å². The number of aliphatic carboxylic acids is 1. The number of rotatable bonds is 7. The van der Waals surface area contributed by atoms with Crippen LogP contribution in [0.15, 0.2) is 35.3 Å². The Balaban J connectivity index is 1.51. The summed E-state index contributed by atoms with van der Waals surface area (Å²) < 4.78 is 36.3. The number of carbonyl (C=O) groups excluding carboxylic acids is 2. The number of epoxide rings is 1. The Morgan fingerprint density at radius 1 is 1.06 bits per heavy atom. The number of Topliss-reactive ketones (excluding diaryl/α,β-unsaturated/α-hetero) is 1. The molecule has 49 heavy (non-hydrogen) atoms. The highest BCUT2D eigenvalue weighted by molar-refractivity contribution is 5.92. The standard InChI is InChI=1S/C35H48O14/c1-16-12-23(45-17(2)37)33(6)20-8-10-32(5,27(18-9-11-44-15-18)47-30-26(41)25(40)24(39)19(14-36)46-30)35(28(49-35)29(42)43)34(20,7)22(38)13-21(33)31(3,4)48-16/h9,11,15,19-21,23-28,30,36,39-41H,1,8,10,12-14H2,2-7H3,(H,42,43)/t19-,20+,21-,23+,24-,25+,26-,27-,28+,30+,32-,33+,34-,35+/m0/s1. The van der Waals surface area contributed by atoms with E-state index in [1.165, 1.54) is 19.5 Å². The lowest BCUT2D eigenvalue weighted by Gasteiger charge is -2.65. The molecule has 2 aliphatic carbocycles. The molecule has 0 amide bonds. The maximum atomic E-state index is 14.9. The van der Waals surface area contributed by atoms with Crippen LogP contribution >= 0.6 is 0 Å². The highest BCUT2D eigenvalue weighted by Gasteiger charge is 2.87. The maximum absolute atomic E-state index is 14.9. The SMILES string of the molecule is C=C1C[C@@H](OC(C)=O)[C@]2(C)[C@H]3CC[C@@](C)([C@@H](O[C@H]4O[C@@H](CO)[C@H](O)[C@@H](O)[C@@H]4O)c4ccoc4)[C@@]4(O[C@@H]4C(=O)O)[C@]3(C)C(=O)C[C@H]2C(C)(C)O1. The van der Waals surface area contributed by atoms with Gasteiger partial charge in [0.25, 0.3) is 0 Å². The summed E-state index contributed by atoms with van der Waals surface area (Å²) in [4.78, 5) is 40.4. The summed E-state index contributed by atoms with van der Waals surface area (Å²) in [6.07, 6.45) is -7.79. The molecule has 5 N–H and O–H groups in total. The first-order chi connectivity index (χ1) is 22.8. The number of carbonyl (C=O) groups is 3. The van der Waals surface area contributed by atoms with Crippen LogP contribution in [-0.4, -0.2) is 104 Å². The number of ketones is 1. The van der Waals surface area contributed by atoms with Crippen molar-refractivity contribution in [3.63, 3.8) is 0 Å². The number of esters is 1. The van der Waals surface area contributed by atoms with Crippen molar-refractivity contribution in [1.29, 1.82) is 0 Å². The van der Waals surface area contributed by atoms with Crippen LogP contribution in [0.2, 0.25) is 0 Å². The topological polar surface area (TPSA) is 215 Å². The second kappa shape index (κ2) is 11.9. The van der Waals surface area contributed by atoms with E-state index in [9.17, 15) is 39.9 Å². The van der Waals surface area contributed by atoms with Crippen LogP contribution in [-0.2, 0) is 38.1 Å². The fourth-order valence-electron chi connectivity index (χ4n) is 10.6. The minimum absolute atomic E-state index is 0.0288. The van der Waals surface area contributed by atoms with Crippen molar-refractivity contribution in [2.24, 2.45) is 28.1 Å². The summed E-state index contributed by atoms with van der Waals surface area (Å²) in [5.74, 6) is -2.63. The van der Waals surface area contributed by atoms with Crippen molar-refractivity contribution >= 4 is 17.7 Å². The Labute approximate surface area is 284 Å². The molecule has 3 saturated heterocycles. The number of aliphatic hydroxyl groups is 4. The van der Waals surface area contributed by atoms with E-state index in [4.69, 9.17) is 28.1 Å². The second-order valence-corrected chi connectivity index (χ2v) is 15.6. The quantitative estimate of drug-likeness (QED) is 0.204. The van der Waals surface area contributed by atoms with Gasteiger partial charge in [-0.05, 0) is 45.6 Å². The van der Waals surface area contributed by atoms with E-state index < -0.39 is 107 Å². The van der Waals surface area contributed by atoms with Gasteiger partial charge in [-0.15, -0.1) is 0 Å². The monoisotopic (exact) mass is 692 g/mol. The second-order valence-electron chi connectivity index (χ2n) is 15.6. The van der Waals surface area contributed by atoms with E-state index in [1.807, 2.05) is 20.8 Å². The van der Waals surface area contributed by atoms with Gasteiger partial charge in [-0.3, -0.25) is 9.59 Å². The predicted molar refractivity (Wildman–Crippen MR) is 166 cm³/mol. The first kappa shape index (κ1) is 36.0. The number of aliphatic hydroxyl groups excluding tert-OH is 4. The minimum Gasteiger partial charge on any atom is -0.492 e. The highest BCUT2D eigenvalue weighted by Crippen LogP contribution is 2.77. The molecule has 5 aliphatic rings. The molecule has 14 heteroatoms. The number of hydrogen-bond acceptors (Lipinski definition) is 13. The Kier molecular flexibility index (Phi) is 8.70. The normalized spacial score (nSPS) is 46.5. The van der Waals surface area contributed by atoms with Gasteiger partial charge in [0.2, 0.25) is 0 Å². The zero-order valence-electron chi connectivity index (χ0n) is 28.7. The van der Waals surface area contributed by atoms with Crippen molar-refractivity contribution in [2.75, 3.05) is 6.61 Å². The summed E-state index contributed by atoms with van der Waals surface area (Å²) in [7, 11) is 0. The molecule has 3 aliphatic heterocycles. The van der Waals surface area contributed by atoms with Crippen LogP contribution < -0.4 is 0 Å². The fraction of sp³-hybridized carbons (Fsp3) is 0.743. The van der Waals surface area contributed by atoms with Crippen LogP contribution in [0.5, 0.6) is 0 Å². The highest BCUT2D eigenvalue weighted by atomic mass is 16.7. The molecule has 1 spiro atoms. The third kappa shape index (κ3) is 4.96. The number of carboxylic acid groups (broad SMARTS) is 1. The van der Waals surface area contributed by atoms with Gasteiger partial charge in [-0.1, -0.05) is 20.4 Å². The first-order valence-electron chi connectivity index (χ1n) is 16.8. The number of hydrogen-bond donors (Lipinski definition) is 5.